The van der Waals surface area contributed by atoms with Crippen LogP contribution in [0.1, 0.15) is 59.4 Å². The number of hydrogen-bond acceptors (Lipinski definition) is 4. The number of hydrogen-bond donors (Lipinski definition) is 1. The van der Waals surface area contributed by atoms with Crippen LogP contribution in [-0.4, -0.2) is 38.9 Å². The minimum Gasteiger partial charge on any atom is -0.339 e. The molecule has 0 radical (unpaired) electrons. The van der Waals surface area contributed by atoms with Crippen molar-refractivity contribution in [2.75, 3.05) is 13.1 Å². The highest BCUT2D eigenvalue weighted by Gasteiger charge is 2.26. The average Bonchev–Trinajstić information content (AvgIpc) is 3.07. The van der Waals surface area contributed by atoms with E-state index in [1.54, 1.807) is 0 Å². The van der Waals surface area contributed by atoms with Gasteiger partial charge in [-0.3, -0.25) is 9.48 Å². The maximum Gasteiger partial charge on any atom is 0.254 e. The first kappa shape index (κ1) is 19.5. The van der Waals surface area contributed by atoms with Crippen LogP contribution in [0, 0.1) is 26.7 Å². The Morgan fingerprint density at radius 3 is 2.37 bits per heavy atom. The number of carbonyl (C=O) groups is 1. The maximum atomic E-state index is 12.9. The van der Waals surface area contributed by atoms with Gasteiger partial charge in [0, 0.05) is 25.2 Å². The predicted octanol–water partition coefficient (Wildman–Crippen LogP) is 2.95. The van der Waals surface area contributed by atoms with Crippen molar-refractivity contribution in [2.24, 2.45) is 11.7 Å². The molecule has 27 heavy (non-hydrogen) atoms. The van der Waals surface area contributed by atoms with Crippen molar-refractivity contribution in [1.29, 1.82) is 0 Å². The van der Waals surface area contributed by atoms with E-state index in [9.17, 15) is 4.79 Å². The number of aryl methyl sites for hydroxylation is 3. The van der Waals surface area contributed by atoms with Gasteiger partial charge in [0.1, 0.15) is 5.69 Å². The van der Waals surface area contributed by atoms with Crippen LogP contribution < -0.4 is 5.73 Å². The highest BCUT2D eigenvalue weighted by molar-refractivity contribution is 5.96. The second-order valence-electron chi connectivity index (χ2n) is 8.53. The summed E-state index contributed by atoms with van der Waals surface area (Å²) in [7, 11) is 0. The smallest absolute Gasteiger partial charge is 0.254 e. The maximum absolute atomic E-state index is 12.9. The quantitative estimate of drug-likeness (QED) is 0.899. The Morgan fingerprint density at radius 2 is 1.78 bits per heavy atom. The van der Waals surface area contributed by atoms with Crippen LogP contribution in [0.2, 0.25) is 0 Å². The van der Waals surface area contributed by atoms with Crippen LogP contribution in [0.15, 0.2) is 18.3 Å². The van der Waals surface area contributed by atoms with Crippen molar-refractivity contribution in [2.45, 2.75) is 59.5 Å². The largest absolute Gasteiger partial charge is 0.339 e. The molecular formula is C21H31N5O. The van der Waals surface area contributed by atoms with E-state index >= 15 is 0 Å². The number of amides is 1. The molecule has 1 amide bonds. The summed E-state index contributed by atoms with van der Waals surface area (Å²) < 4.78 is 1.89. The van der Waals surface area contributed by atoms with Crippen LogP contribution in [0.5, 0.6) is 0 Å². The summed E-state index contributed by atoms with van der Waals surface area (Å²) >= 11 is 0. The zero-order valence-corrected chi connectivity index (χ0v) is 17.1. The van der Waals surface area contributed by atoms with Gasteiger partial charge in [0.05, 0.1) is 11.7 Å². The number of likely N-dealkylation sites (tertiary alicyclic amines) is 1. The first-order valence-electron chi connectivity index (χ1n) is 9.72. The lowest BCUT2D eigenvalue weighted by Gasteiger charge is -2.32. The molecule has 2 N–H and O–H groups in total. The molecule has 3 rings (SSSR count). The molecule has 6 nitrogen and oxygen atoms in total. The van der Waals surface area contributed by atoms with Crippen molar-refractivity contribution in [1.82, 2.24) is 19.9 Å². The Morgan fingerprint density at radius 1 is 1.15 bits per heavy atom. The lowest BCUT2D eigenvalue weighted by Crippen LogP contribution is -2.39. The first-order valence-corrected chi connectivity index (χ1v) is 9.72. The molecule has 0 atom stereocenters. The van der Waals surface area contributed by atoms with Crippen LogP contribution in [0.4, 0.5) is 0 Å². The molecule has 146 valence electrons. The second kappa shape index (κ2) is 7.43. The van der Waals surface area contributed by atoms with E-state index in [1.807, 2.05) is 42.6 Å². The molecule has 1 aliphatic heterocycles. The van der Waals surface area contributed by atoms with E-state index < -0.39 is 5.54 Å². The Balaban J connectivity index is 1.59. The minimum atomic E-state index is -0.474. The topological polar surface area (TPSA) is 77.0 Å². The second-order valence-corrected chi connectivity index (χ2v) is 8.53. The van der Waals surface area contributed by atoms with Gasteiger partial charge in [0.25, 0.3) is 5.91 Å². The van der Waals surface area contributed by atoms with Crippen LogP contribution in [0.3, 0.4) is 0 Å². The van der Waals surface area contributed by atoms with Gasteiger partial charge in [-0.1, -0.05) is 11.3 Å². The average molecular weight is 370 g/mol. The monoisotopic (exact) mass is 369 g/mol. The van der Waals surface area contributed by atoms with Gasteiger partial charge in [-0.15, -0.1) is 5.10 Å². The number of rotatable bonds is 4. The standard InChI is InChI=1S/C21H31N5O/c1-14-10-16(3)18(11-15(14)2)20(27)25-8-6-17(7-9-25)12-26-13-19(23-24-26)21(4,5)22/h10-11,13,17H,6-9,12,22H2,1-5H3. The van der Waals surface area contributed by atoms with Crippen LogP contribution in [0.25, 0.3) is 0 Å². The van der Waals surface area contributed by atoms with Gasteiger partial charge >= 0.3 is 0 Å². The van der Waals surface area contributed by atoms with E-state index in [-0.39, 0.29) is 5.91 Å². The minimum absolute atomic E-state index is 0.155. The number of piperidine rings is 1. The van der Waals surface area contributed by atoms with Crippen molar-refractivity contribution >= 4 is 5.91 Å². The number of nitrogens with zero attached hydrogens (tertiary/aromatic N) is 4. The summed E-state index contributed by atoms with van der Waals surface area (Å²) in [5.41, 5.74) is 10.7. The van der Waals surface area contributed by atoms with E-state index in [1.165, 1.54) is 11.1 Å². The molecule has 0 unspecified atom stereocenters. The summed E-state index contributed by atoms with van der Waals surface area (Å²) in [6.07, 6.45) is 3.91. The Labute approximate surface area is 161 Å². The number of aromatic nitrogens is 3. The molecule has 1 saturated heterocycles. The van der Waals surface area contributed by atoms with E-state index in [0.29, 0.717) is 5.92 Å². The molecule has 1 aromatic heterocycles. The molecule has 1 aromatic carbocycles. The summed E-state index contributed by atoms with van der Waals surface area (Å²) in [6, 6.07) is 4.14. The van der Waals surface area contributed by atoms with E-state index in [4.69, 9.17) is 5.73 Å². The van der Waals surface area contributed by atoms with Crippen molar-refractivity contribution in [3.8, 4) is 0 Å². The van der Waals surface area contributed by atoms with Gasteiger partial charge in [-0.2, -0.15) is 0 Å². The molecule has 1 aliphatic rings. The first-order chi connectivity index (χ1) is 12.6. The van der Waals surface area contributed by atoms with Crippen molar-refractivity contribution in [3.63, 3.8) is 0 Å². The summed E-state index contributed by atoms with van der Waals surface area (Å²) in [5, 5.41) is 8.40. The lowest BCUT2D eigenvalue weighted by molar-refractivity contribution is 0.0680. The summed E-state index contributed by atoms with van der Waals surface area (Å²) in [6.45, 7) is 12.4. The fraction of sp³-hybridized carbons (Fsp3) is 0.571. The van der Waals surface area contributed by atoms with Crippen LogP contribution >= 0.6 is 0 Å². The summed E-state index contributed by atoms with van der Waals surface area (Å²) in [5.74, 6) is 0.660. The number of carbonyl (C=O) groups excluding carboxylic acids is 1. The molecule has 0 bridgehead atoms. The third kappa shape index (κ3) is 4.38. The van der Waals surface area contributed by atoms with E-state index in [0.717, 1.165) is 49.3 Å². The molecule has 1 fully saturated rings. The molecule has 0 aliphatic carbocycles. The molecule has 2 aromatic rings. The van der Waals surface area contributed by atoms with Gasteiger partial charge in [-0.25, -0.2) is 0 Å². The highest BCUT2D eigenvalue weighted by atomic mass is 16.2. The van der Waals surface area contributed by atoms with Crippen LogP contribution in [-0.2, 0) is 12.1 Å². The zero-order chi connectivity index (χ0) is 19.8. The third-order valence-electron chi connectivity index (χ3n) is 5.62. The van der Waals surface area contributed by atoms with Gasteiger partial charge in [0.2, 0.25) is 0 Å². The Kier molecular flexibility index (Phi) is 5.38. The third-order valence-corrected chi connectivity index (χ3v) is 5.62. The number of nitrogens with two attached hydrogens (primary N) is 1. The lowest BCUT2D eigenvalue weighted by atomic mass is 9.95. The van der Waals surface area contributed by atoms with Crippen molar-refractivity contribution in [3.05, 3.63) is 46.3 Å². The fourth-order valence-corrected chi connectivity index (χ4v) is 3.63. The van der Waals surface area contributed by atoms with Gasteiger partial charge in [0.15, 0.2) is 0 Å². The molecule has 0 spiro atoms. The van der Waals surface area contributed by atoms with Crippen molar-refractivity contribution < 1.29 is 4.79 Å². The normalized spacial score (nSPS) is 16.0. The Bertz CT molecular complexity index is 826. The van der Waals surface area contributed by atoms with E-state index in [2.05, 4.69) is 30.2 Å². The fourth-order valence-electron chi connectivity index (χ4n) is 3.63. The SMILES string of the molecule is Cc1cc(C)c(C(=O)N2CCC(Cn3cc(C(C)(C)N)nn3)CC2)cc1C. The zero-order valence-electron chi connectivity index (χ0n) is 17.1. The predicted molar refractivity (Wildman–Crippen MR) is 107 cm³/mol. The Hall–Kier alpha value is -2.21. The van der Waals surface area contributed by atoms with Gasteiger partial charge in [-0.05, 0) is 76.1 Å². The molecule has 6 heteroatoms. The molecular weight excluding hydrogens is 338 g/mol. The molecule has 2 heterocycles. The highest BCUT2D eigenvalue weighted by Crippen LogP contribution is 2.23. The number of benzene rings is 1. The van der Waals surface area contributed by atoms with Gasteiger partial charge < -0.3 is 10.6 Å². The molecule has 0 saturated carbocycles. The summed E-state index contributed by atoms with van der Waals surface area (Å²) in [4.78, 5) is 14.9.